The summed E-state index contributed by atoms with van der Waals surface area (Å²) in [5.74, 6) is -0.492. The highest BCUT2D eigenvalue weighted by molar-refractivity contribution is 7.83. The minimum absolute atomic E-state index is 0.264. The lowest BCUT2D eigenvalue weighted by molar-refractivity contribution is 0.104. The molecule has 1 aliphatic rings. The first-order chi connectivity index (χ1) is 17.0. The quantitative estimate of drug-likeness (QED) is 0.199. The first kappa shape index (κ1) is 26.6. The number of hydrogen-bond donors (Lipinski definition) is 5. The third-order valence-corrected chi connectivity index (χ3v) is 7.76. The van der Waals surface area contributed by atoms with Crippen molar-refractivity contribution in [2.45, 2.75) is 38.0 Å². The van der Waals surface area contributed by atoms with Gasteiger partial charge in [-0.1, -0.05) is 23.7 Å². The number of nitrogens with zero attached hydrogens (tertiary/aromatic N) is 2. The van der Waals surface area contributed by atoms with Gasteiger partial charge in [-0.3, -0.25) is 9.35 Å². The highest BCUT2D eigenvalue weighted by Gasteiger charge is 2.34. The molecule has 4 rings (SSSR count). The highest BCUT2D eigenvalue weighted by atomic mass is 35.5. The first-order valence-corrected chi connectivity index (χ1v) is 13.6. The van der Waals surface area contributed by atoms with Gasteiger partial charge in [0.1, 0.15) is 12.1 Å². The Morgan fingerprint density at radius 2 is 2.11 bits per heavy atom. The molecule has 36 heavy (non-hydrogen) atoms. The Labute approximate surface area is 217 Å². The molecule has 1 radical (unpaired) electrons. The van der Waals surface area contributed by atoms with E-state index in [1.54, 1.807) is 18.2 Å². The summed E-state index contributed by atoms with van der Waals surface area (Å²) in [4.78, 5) is 23.0. The van der Waals surface area contributed by atoms with Crippen LogP contribution in [0, 0.1) is 19.4 Å². The third kappa shape index (κ3) is 6.27. The number of nitrogens with one attached hydrogen (secondary N) is 2. The fourth-order valence-electron chi connectivity index (χ4n) is 4.25. The van der Waals surface area contributed by atoms with Gasteiger partial charge in [0.15, 0.2) is 0 Å². The van der Waals surface area contributed by atoms with Crippen LogP contribution in [0.4, 0.5) is 5.82 Å². The van der Waals surface area contributed by atoms with Crippen molar-refractivity contribution in [1.82, 2.24) is 14.7 Å². The molecule has 13 heteroatoms. The molecule has 0 bridgehead atoms. The molecule has 0 unspecified atom stereocenters. The number of aliphatic hydroxyl groups excluding tert-OH is 1. The van der Waals surface area contributed by atoms with Gasteiger partial charge in [-0.15, -0.1) is 11.3 Å². The van der Waals surface area contributed by atoms with Crippen LogP contribution < -0.4 is 15.8 Å². The fraction of sp³-hybridized carbons (Fsp3) is 0.304. The van der Waals surface area contributed by atoms with E-state index in [0.29, 0.717) is 28.6 Å². The van der Waals surface area contributed by atoms with Crippen LogP contribution in [-0.2, 0) is 10.3 Å². The lowest BCUT2D eigenvalue weighted by atomic mass is 9.99. The summed E-state index contributed by atoms with van der Waals surface area (Å²) in [6, 6.07) is 8.31. The molecule has 4 atom stereocenters. The first-order valence-electron chi connectivity index (χ1n) is 11.0. The maximum atomic E-state index is 13.4. The van der Waals surface area contributed by atoms with Crippen LogP contribution in [0.3, 0.4) is 0 Å². The lowest BCUT2D eigenvalue weighted by Gasteiger charge is -2.15. The number of benzene rings is 1. The Morgan fingerprint density at radius 1 is 1.33 bits per heavy atom. The van der Waals surface area contributed by atoms with Crippen molar-refractivity contribution >= 4 is 44.8 Å². The van der Waals surface area contributed by atoms with E-state index in [0.717, 1.165) is 22.5 Å². The number of carbonyl (C=O) groups is 1. The zero-order valence-corrected chi connectivity index (χ0v) is 21.5. The Morgan fingerprint density at radius 3 is 2.83 bits per heavy atom. The van der Waals surface area contributed by atoms with Crippen LogP contribution >= 0.6 is 22.9 Å². The van der Waals surface area contributed by atoms with E-state index in [4.69, 9.17) is 21.9 Å². The summed E-state index contributed by atoms with van der Waals surface area (Å²) >= 11 is 7.43. The van der Waals surface area contributed by atoms with Crippen molar-refractivity contribution in [3.05, 3.63) is 80.9 Å². The number of carbonyl (C=O) groups excluding carboxylic acids is 1. The number of halogens is 1. The maximum Gasteiger partial charge on any atom is 0.333 e. The molecule has 6 N–H and O–H groups in total. The van der Waals surface area contributed by atoms with Crippen LogP contribution in [0.2, 0.25) is 5.02 Å². The summed E-state index contributed by atoms with van der Waals surface area (Å²) < 4.78 is 32.6. The molecule has 3 aromatic rings. The number of anilines is 1. The standard InChI is InChI=1S/C23H25ClN5O5S2/c1-12-17(21(25)13-3-2-4-15(24)5-13)8-20(35-12)22(31)18-10-26-11-27-23(18)29-16-6-14(19(30)7-16)9-28-36(32,33)34/h2-5,8-11,14,16,19,21,28,30H,6-7,25H2,1H3,(H,26,27,29)(H,32,33,34)/t14-,16-,19+,21-/m1/s1. The SMILES string of the molecule is Cc1sc(C(=O)c2cncnc2N[C@H]2C[C@H](O)[C@@H]([CH]NS(=O)(=O)O)C2)cc1[C@H](N)c1cccc(Cl)c1. The summed E-state index contributed by atoms with van der Waals surface area (Å²) in [6.45, 7) is 3.05. The second kappa shape index (κ2) is 10.9. The summed E-state index contributed by atoms with van der Waals surface area (Å²) in [6.07, 6.45) is 2.56. The number of rotatable bonds is 9. The molecule has 10 nitrogen and oxygen atoms in total. The second-order valence-electron chi connectivity index (χ2n) is 8.57. The Balaban J connectivity index is 1.51. The van der Waals surface area contributed by atoms with E-state index in [9.17, 15) is 18.3 Å². The third-order valence-electron chi connectivity index (χ3n) is 6.03. The number of aromatic nitrogens is 2. The van der Waals surface area contributed by atoms with Crippen molar-refractivity contribution in [2.75, 3.05) is 5.32 Å². The molecule has 0 saturated heterocycles. The smallest absolute Gasteiger partial charge is 0.333 e. The number of nitrogens with two attached hydrogens (primary N) is 1. The topological polar surface area (TPSA) is 168 Å². The predicted molar refractivity (Wildman–Crippen MR) is 137 cm³/mol. The average molecular weight is 551 g/mol. The van der Waals surface area contributed by atoms with Gasteiger partial charge in [0, 0.05) is 34.6 Å². The molecule has 1 fully saturated rings. The van der Waals surface area contributed by atoms with Gasteiger partial charge < -0.3 is 16.2 Å². The number of thiophene rings is 1. The minimum Gasteiger partial charge on any atom is -0.393 e. The van der Waals surface area contributed by atoms with Crippen molar-refractivity contribution in [3.63, 3.8) is 0 Å². The molecule has 2 heterocycles. The van der Waals surface area contributed by atoms with Crippen molar-refractivity contribution in [1.29, 1.82) is 0 Å². The van der Waals surface area contributed by atoms with Gasteiger partial charge in [0.25, 0.3) is 0 Å². The second-order valence-corrected chi connectivity index (χ2v) is 11.5. The van der Waals surface area contributed by atoms with Gasteiger partial charge in [0.05, 0.1) is 22.6 Å². The van der Waals surface area contributed by atoms with E-state index in [2.05, 4.69) is 15.3 Å². The Kier molecular flexibility index (Phi) is 8.05. The molecular formula is C23H25ClN5O5S2. The van der Waals surface area contributed by atoms with E-state index in [1.807, 2.05) is 23.8 Å². The predicted octanol–water partition coefficient (Wildman–Crippen LogP) is 2.88. The van der Waals surface area contributed by atoms with E-state index in [-0.39, 0.29) is 17.4 Å². The van der Waals surface area contributed by atoms with E-state index >= 15 is 0 Å². The molecular weight excluding hydrogens is 526 g/mol. The van der Waals surface area contributed by atoms with Gasteiger partial charge in [0.2, 0.25) is 5.78 Å². The number of ketones is 1. The molecule has 1 aliphatic carbocycles. The van der Waals surface area contributed by atoms with Gasteiger partial charge in [-0.25, -0.2) is 9.97 Å². The fourth-order valence-corrected chi connectivity index (χ4v) is 5.82. The molecule has 2 aromatic heterocycles. The molecule has 0 amide bonds. The van der Waals surface area contributed by atoms with Crippen LogP contribution in [0.15, 0.2) is 42.9 Å². The molecule has 0 spiro atoms. The number of aryl methyl sites for hydroxylation is 1. The number of aliphatic hydroxyl groups is 1. The van der Waals surface area contributed by atoms with Gasteiger partial charge in [-0.05, 0) is 49.1 Å². The summed E-state index contributed by atoms with van der Waals surface area (Å²) in [5.41, 5.74) is 8.39. The van der Waals surface area contributed by atoms with Gasteiger partial charge >= 0.3 is 10.3 Å². The van der Waals surface area contributed by atoms with Crippen LogP contribution in [0.5, 0.6) is 0 Å². The van der Waals surface area contributed by atoms with Crippen LogP contribution in [-0.4, -0.2) is 46.0 Å². The highest BCUT2D eigenvalue weighted by Crippen LogP contribution is 2.34. The van der Waals surface area contributed by atoms with Crippen LogP contribution in [0.25, 0.3) is 0 Å². The molecule has 191 valence electrons. The Bertz CT molecular complexity index is 1370. The summed E-state index contributed by atoms with van der Waals surface area (Å²) in [5, 5.41) is 14.0. The normalized spacial score (nSPS) is 20.9. The lowest BCUT2D eigenvalue weighted by Crippen LogP contribution is -2.27. The molecule has 0 aliphatic heterocycles. The Hall–Kier alpha value is -2.45. The van der Waals surface area contributed by atoms with Crippen LogP contribution in [0.1, 0.15) is 50.1 Å². The zero-order valence-electron chi connectivity index (χ0n) is 19.1. The largest absolute Gasteiger partial charge is 0.393 e. The maximum absolute atomic E-state index is 13.4. The van der Waals surface area contributed by atoms with Crippen molar-refractivity contribution in [2.24, 2.45) is 11.7 Å². The minimum atomic E-state index is -4.40. The number of hydrogen-bond acceptors (Lipinski definition) is 9. The van der Waals surface area contributed by atoms with Crippen molar-refractivity contribution in [3.8, 4) is 0 Å². The van der Waals surface area contributed by atoms with Crippen molar-refractivity contribution < 1.29 is 22.9 Å². The summed E-state index contributed by atoms with van der Waals surface area (Å²) in [7, 11) is -4.40. The molecule has 1 saturated carbocycles. The van der Waals surface area contributed by atoms with E-state index in [1.165, 1.54) is 23.9 Å². The molecule has 1 aromatic carbocycles. The van der Waals surface area contributed by atoms with E-state index < -0.39 is 28.4 Å². The zero-order chi connectivity index (χ0) is 26.0. The van der Waals surface area contributed by atoms with Gasteiger partial charge in [-0.2, -0.15) is 13.1 Å². The average Bonchev–Trinajstić information content (AvgIpc) is 3.38. The monoisotopic (exact) mass is 550 g/mol.